The lowest BCUT2D eigenvalue weighted by Gasteiger charge is -2.12. The Morgan fingerprint density at radius 2 is 1.74 bits per heavy atom. The molecule has 0 aliphatic heterocycles. The zero-order valence-corrected chi connectivity index (χ0v) is 18.1. The number of hydrogen-bond donors (Lipinski definition) is 1. The average molecular weight is 422 g/mol. The number of para-hydroxylation sites is 1. The van der Waals surface area contributed by atoms with Crippen LogP contribution in [0.1, 0.15) is 38.4 Å². The highest BCUT2D eigenvalue weighted by Crippen LogP contribution is 2.23. The standard InChI is InChI=1S/C23H26N4O4/c1-15-6-5-7-16(2)22(15)31-14-19-8-10-20(11-9-19)23(28)24-12-13-26-18(4)21(27(29)30)17(3)25-26/h5-11H,12-14H2,1-4H3,(H,24,28). The second kappa shape index (κ2) is 9.42. The zero-order valence-electron chi connectivity index (χ0n) is 18.1. The van der Waals surface area contributed by atoms with Crippen molar-refractivity contribution in [2.24, 2.45) is 0 Å². The largest absolute Gasteiger partial charge is 0.488 e. The molecule has 0 atom stereocenters. The Morgan fingerprint density at radius 1 is 1.10 bits per heavy atom. The van der Waals surface area contributed by atoms with Gasteiger partial charge in [-0.25, -0.2) is 0 Å². The van der Waals surface area contributed by atoms with Gasteiger partial charge in [0.1, 0.15) is 23.7 Å². The van der Waals surface area contributed by atoms with Crippen molar-refractivity contribution in [3.05, 3.63) is 86.2 Å². The van der Waals surface area contributed by atoms with Gasteiger partial charge in [0.05, 0.1) is 11.5 Å². The van der Waals surface area contributed by atoms with Gasteiger partial charge < -0.3 is 10.1 Å². The molecular weight excluding hydrogens is 396 g/mol. The third-order valence-corrected chi connectivity index (χ3v) is 5.14. The first-order valence-corrected chi connectivity index (χ1v) is 10.0. The van der Waals surface area contributed by atoms with Crippen LogP contribution in [0.15, 0.2) is 42.5 Å². The van der Waals surface area contributed by atoms with E-state index in [1.54, 1.807) is 30.7 Å². The molecule has 0 radical (unpaired) electrons. The first-order chi connectivity index (χ1) is 14.8. The van der Waals surface area contributed by atoms with Gasteiger partial charge in [0.25, 0.3) is 5.91 Å². The lowest BCUT2D eigenvalue weighted by Crippen LogP contribution is -2.27. The maximum Gasteiger partial charge on any atom is 0.312 e. The fourth-order valence-electron chi connectivity index (χ4n) is 3.48. The van der Waals surface area contributed by atoms with Crippen molar-refractivity contribution >= 4 is 11.6 Å². The number of amides is 1. The topological polar surface area (TPSA) is 99.3 Å². The second-order valence-corrected chi connectivity index (χ2v) is 7.46. The van der Waals surface area contributed by atoms with Gasteiger partial charge in [0.15, 0.2) is 0 Å². The van der Waals surface area contributed by atoms with Gasteiger partial charge >= 0.3 is 5.69 Å². The van der Waals surface area contributed by atoms with Crippen LogP contribution >= 0.6 is 0 Å². The summed E-state index contributed by atoms with van der Waals surface area (Å²) in [5.41, 5.74) is 4.54. The number of benzene rings is 2. The Balaban J connectivity index is 1.54. The highest BCUT2D eigenvalue weighted by atomic mass is 16.6. The third kappa shape index (κ3) is 5.09. The van der Waals surface area contributed by atoms with E-state index in [4.69, 9.17) is 4.74 Å². The number of aryl methyl sites for hydroxylation is 3. The van der Waals surface area contributed by atoms with Gasteiger partial charge in [-0.15, -0.1) is 0 Å². The first-order valence-electron chi connectivity index (χ1n) is 10.0. The fourth-order valence-corrected chi connectivity index (χ4v) is 3.48. The summed E-state index contributed by atoms with van der Waals surface area (Å²) < 4.78 is 7.49. The minimum absolute atomic E-state index is 0.0185. The van der Waals surface area contributed by atoms with E-state index in [2.05, 4.69) is 10.4 Å². The van der Waals surface area contributed by atoms with Crippen molar-refractivity contribution in [2.75, 3.05) is 6.54 Å². The van der Waals surface area contributed by atoms with Crippen LogP contribution in [0.5, 0.6) is 5.75 Å². The highest BCUT2D eigenvalue weighted by Gasteiger charge is 2.21. The molecule has 3 aromatic rings. The van der Waals surface area contributed by atoms with Crippen LogP contribution in [0.4, 0.5) is 5.69 Å². The van der Waals surface area contributed by atoms with Gasteiger partial charge in [-0.1, -0.05) is 30.3 Å². The molecule has 31 heavy (non-hydrogen) atoms. The molecule has 3 rings (SSSR count). The van der Waals surface area contributed by atoms with E-state index >= 15 is 0 Å². The summed E-state index contributed by atoms with van der Waals surface area (Å²) in [6, 6.07) is 13.3. The Hall–Kier alpha value is -3.68. The predicted molar refractivity (Wildman–Crippen MR) is 117 cm³/mol. The average Bonchev–Trinajstić information content (AvgIpc) is 3.01. The molecule has 1 heterocycles. The van der Waals surface area contributed by atoms with E-state index in [9.17, 15) is 14.9 Å². The molecule has 0 aliphatic carbocycles. The quantitative estimate of drug-likeness (QED) is 0.436. The normalized spacial score (nSPS) is 10.7. The Kier molecular flexibility index (Phi) is 6.69. The predicted octanol–water partition coefficient (Wildman–Crippen LogP) is 4.03. The summed E-state index contributed by atoms with van der Waals surface area (Å²) in [6.45, 7) is 8.37. The summed E-state index contributed by atoms with van der Waals surface area (Å²) in [5, 5.41) is 18.1. The number of carbonyl (C=O) groups is 1. The summed E-state index contributed by atoms with van der Waals surface area (Å²) in [7, 11) is 0. The molecular formula is C23H26N4O4. The van der Waals surface area contributed by atoms with Crippen molar-refractivity contribution < 1.29 is 14.5 Å². The SMILES string of the molecule is Cc1cccc(C)c1OCc1ccc(C(=O)NCCn2nc(C)c([N+](=O)[O-])c2C)cc1. The summed E-state index contributed by atoms with van der Waals surface area (Å²) >= 11 is 0. The molecule has 0 saturated carbocycles. The molecule has 0 fully saturated rings. The second-order valence-electron chi connectivity index (χ2n) is 7.46. The number of nitrogens with zero attached hydrogens (tertiary/aromatic N) is 3. The monoisotopic (exact) mass is 422 g/mol. The Bertz CT molecular complexity index is 1080. The summed E-state index contributed by atoms with van der Waals surface area (Å²) in [6.07, 6.45) is 0. The van der Waals surface area contributed by atoms with Crippen molar-refractivity contribution in [2.45, 2.75) is 40.8 Å². The molecule has 0 bridgehead atoms. The number of ether oxygens (including phenoxy) is 1. The maximum atomic E-state index is 12.4. The highest BCUT2D eigenvalue weighted by molar-refractivity contribution is 5.94. The molecule has 1 amide bonds. The molecule has 0 spiro atoms. The molecule has 2 aromatic carbocycles. The summed E-state index contributed by atoms with van der Waals surface area (Å²) in [5.74, 6) is 0.673. The molecule has 1 aromatic heterocycles. The maximum absolute atomic E-state index is 12.4. The van der Waals surface area contributed by atoms with Gasteiger partial charge in [-0.3, -0.25) is 19.6 Å². The number of aromatic nitrogens is 2. The van der Waals surface area contributed by atoms with E-state index in [0.29, 0.717) is 36.6 Å². The number of hydrogen-bond acceptors (Lipinski definition) is 5. The number of rotatable bonds is 8. The fraction of sp³-hybridized carbons (Fsp3) is 0.304. The minimum Gasteiger partial charge on any atom is -0.488 e. The number of nitro groups is 1. The molecule has 8 heteroatoms. The zero-order chi connectivity index (χ0) is 22.5. The van der Waals surface area contributed by atoms with Crippen LogP contribution in [0, 0.1) is 37.8 Å². The lowest BCUT2D eigenvalue weighted by molar-refractivity contribution is -0.386. The van der Waals surface area contributed by atoms with Crippen molar-refractivity contribution in [3.63, 3.8) is 0 Å². The van der Waals surface area contributed by atoms with Crippen LogP contribution in [-0.2, 0) is 13.2 Å². The molecule has 0 saturated heterocycles. The molecule has 0 aliphatic rings. The van der Waals surface area contributed by atoms with E-state index in [-0.39, 0.29) is 11.6 Å². The van der Waals surface area contributed by atoms with Gasteiger partial charge in [-0.05, 0) is 56.5 Å². The lowest BCUT2D eigenvalue weighted by atomic mass is 10.1. The molecule has 162 valence electrons. The van der Waals surface area contributed by atoms with Crippen LogP contribution in [0.3, 0.4) is 0 Å². The van der Waals surface area contributed by atoms with Gasteiger partial charge in [0, 0.05) is 12.1 Å². The van der Waals surface area contributed by atoms with Crippen LogP contribution in [0.25, 0.3) is 0 Å². The van der Waals surface area contributed by atoms with Crippen molar-refractivity contribution in [3.8, 4) is 5.75 Å². The number of nitrogens with one attached hydrogen (secondary N) is 1. The van der Waals surface area contributed by atoms with Crippen LogP contribution < -0.4 is 10.1 Å². The smallest absolute Gasteiger partial charge is 0.312 e. The van der Waals surface area contributed by atoms with E-state index in [0.717, 1.165) is 22.4 Å². The summed E-state index contributed by atoms with van der Waals surface area (Å²) in [4.78, 5) is 23.1. The molecule has 1 N–H and O–H groups in total. The third-order valence-electron chi connectivity index (χ3n) is 5.14. The minimum atomic E-state index is -0.432. The van der Waals surface area contributed by atoms with Crippen molar-refractivity contribution in [1.82, 2.24) is 15.1 Å². The molecule has 8 nitrogen and oxygen atoms in total. The first kappa shape index (κ1) is 22.0. The Labute approximate surface area is 181 Å². The molecule has 0 unspecified atom stereocenters. The van der Waals surface area contributed by atoms with Crippen molar-refractivity contribution in [1.29, 1.82) is 0 Å². The van der Waals surface area contributed by atoms with E-state index in [1.165, 1.54) is 0 Å². The van der Waals surface area contributed by atoms with Gasteiger partial charge in [-0.2, -0.15) is 5.10 Å². The van der Waals surface area contributed by atoms with Crippen LogP contribution in [-0.4, -0.2) is 27.2 Å². The van der Waals surface area contributed by atoms with Gasteiger partial charge in [0.2, 0.25) is 0 Å². The number of carbonyl (C=O) groups excluding carboxylic acids is 1. The Morgan fingerprint density at radius 3 is 2.32 bits per heavy atom. The van der Waals surface area contributed by atoms with Crippen LogP contribution in [0.2, 0.25) is 0 Å². The van der Waals surface area contributed by atoms with E-state index in [1.807, 2.05) is 44.2 Å². The van der Waals surface area contributed by atoms with E-state index < -0.39 is 4.92 Å².